The van der Waals surface area contributed by atoms with Crippen molar-refractivity contribution in [3.05, 3.63) is 23.3 Å². The largest absolute Gasteiger partial charge is 0.364 e. The molecule has 0 saturated carbocycles. The first-order valence-electron chi connectivity index (χ1n) is 8.47. The van der Waals surface area contributed by atoms with Crippen LogP contribution in [0, 0.1) is 11.8 Å². The summed E-state index contributed by atoms with van der Waals surface area (Å²) in [6, 6.07) is 1.65. The van der Waals surface area contributed by atoms with Crippen LogP contribution in [-0.2, 0) is 4.79 Å². The zero-order chi connectivity index (χ0) is 17.8. The summed E-state index contributed by atoms with van der Waals surface area (Å²) in [7, 11) is 0. The van der Waals surface area contributed by atoms with E-state index in [2.05, 4.69) is 27.5 Å². The number of rotatable bonds is 6. The number of aromatic nitrogens is 2. The highest BCUT2D eigenvalue weighted by Gasteiger charge is 2.22. The van der Waals surface area contributed by atoms with Gasteiger partial charge in [0.2, 0.25) is 5.91 Å². The third-order valence-corrected chi connectivity index (χ3v) is 5.45. The molecule has 0 aliphatic carbocycles. The number of hydrogen-bond donors (Lipinski definition) is 4. The van der Waals surface area contributed by atoms with Gasteiger partial charge in [0.1, 0.15) is 5.69 Å². The number of H-pyrrole nitrogens is 1. The van der Waals surface area contributed by atoms with Crippen LogP contribution in [0.25, 0.3) is 11.3 Å². The first-order chi connectivity index (χ1) is 12.0. The Morgan fingerprint density at radius 1 is 1.42 bits per heavy atom. The van der Waals surface area contributed by atoms with E-state index in [1.165, 1.54) is 11.3 Å². The predicted octanol–water partition coefficient (Wildman–Crippen LogP) is 2.62. The zero-order valence-electron chi connectivity index (χ0n) is 14.6. The second-order valence-electron chi connectivity index (χ2n) is 6.52. The second kappa shape index (κ2) is 9.16. The fourth-order valence-electron chi connectivity index (χ4n) is 3.19. The van der Waals surface area contributed by atoms with Gasteiger partial charge < -0.3 is 21.4 Å². The minimum Gasteiger partial charge on any atom is -0.364 e. The smallest absolute Gasteiger partial charge is 0.265 e. The van der Waals surface area contributed by atoms with Crippen molar-refractivity contribution in [2.45, 2.75) is 26.2 Å². The minimum absolute atomic E-state index is 0. The van der Waals surface area contributed by atoms with Gasteiger partial charge in [0.25, 0.3) is 5.91 Å². The molecular formula is C17H24ClN5O2S. The first kappa shape index (κ1) is 20.4. The Morgan fingerprint density at radius 2 is 2.15 bits per heavy atom. The molecule has 2 amide bonds. The monoisotopic (exact) mass is 397 g/mol. The van der Waals surface area contributed by atoms with Crippen LogP contribution in [0.15, 0.2) is 17.6 Å². The average molecular weight is 398 g/mol. The summed E-state index contributed by atoms with van der Waals surface area (Å²) in [6.45, 7) is 4.22. The number of carbonyl (C=O) groups excluding carboxylic acids is 2. The number of nitrogens with two attached hydrogens (primary N) is 1. The third kappa shape index (κ3) is 5.06. The van der Waals surface area contributed by atoms with E-state index in [1.807, 2.05) is 5.38 Å². The third-order valence-electron chi connectivity index (χ3n) is 4.69. The normalized spacial score (nSPS) is 15.9. The van der Waals surface area contributed by atoms with Gasteiger partial charge in [0, 0.05) is 23.6 Å². The molecule has 1 fully saturated rings. The van der Waals surface area contributed by atoms with Crippen molar-refractivity contribution in [1.29, 1.82) is 0 Å². The van der Waals surface area contributed by atoms with Crippen LogP contribution in [0.4, 0.5) is 5.13 Å². The lowest BCUT2D eigenvalue weighted by Gasteiger charge is -2.27. The summed E-state index contributed by atoms with van der Waals surface area (Å²) in [6.07, 6.45) is 4.45. The second-order valence-corrected chi connectivity index (χ2v) is 7.38. The lowest BCUT2D eigenvalue weighted by molar-refractivity contribution is -0.117. The first-order valence-corrected chi connectivity index (χ1v) is 9.35. The van der Waals surface area contributed by atoms with Gasteiger partial charge in [-0.1, -0.05) is 6.92 Å². The molecule has 7 nitrogen and oxygen atoms in total. The van der Waals surface area contributed by atoms with Crippen molar-refractivity contribution in [3.63, 3.8) is 0 Å². The van der Waals surface area contributed by atoms with E-state index in [-0.39, 0.29) is 18.3 Å². The molecule has 1 atom stereocenters. The molecule has 1 unspecified atom stereocenters. The van der Waals surface area contributed by atoms with E-state index in [4.69, 9.17) is 5.73 Å². The van der Waals surface area contributed by atoms with E-state index in [1.54, 1.807) is 12.3 Å². The van der Waals surface area contributed by atoms with Crippen LogP contribution < -0.4 is 16.4 Å². The van der Waals surface area contributed by atoms with E-state index in [0.717, 1.165) is 31.5 Å². The van der Waals surface area contributed by atoms with Crippen molar-refractivity contribution in [2.75, 3.05) is 18.4 Å². The van der Waals surface area contributed by atoms with Gasteiger partial charge in [-0.05, 0) is 43.8 Å². The molecule has 2 aromatic rings. The fraction of sp³-hybridized carbons (Fsp3) is 0.471. The van der Waals surface area contributed by atoms with Crippen molar-refractivity contribution in [2.24, 2.45) is 17.6 Å². The molecule has 9 heteroatoms. The van der Waals surface area contributed by atoms with Crippen LogP contribution in [0.1, 0.15) is 36.7 Å². The summed E-state index contributed by atoms with van der Waals surface area (Å²) in [4.78, 5) is 30.7. The van der Waals surface area contributed by atoms with Crippen LogP contribution in [0.3, 0.4) is 0 Å². The van der Waals surface area contributed by atoms with E-state index < -0.39 is 5.91 Å². The Balaban J connectivity index is 0.00000243. The Hall–Kier alpha value is -1.90. The number of aromatic amines is 1. The van der Waals surface area contributed by atoms with Crippen molar-refractivity contribution in [3.8, 4) is 11.3 Å². The van der Waals surface area contributed by atoms with Crippen LogP contribution in [0.5, 0.6) is 0 Å². The van der Waals surface area contributed by atoms with Crippen LogP contribution >= 0.6 is 23.7 Å². The van der Waals surface area contributed by atoms with Gasteiger partial charge in [-0.15, -0.1) is 23.7 Å². The van der Waals surface area contributed by atoms with Gasteiger partial charge in [-0.2, -0.15) is 0 Å². The molecule has 26 heavy (non-hydrogen) atoms. The average Bonchev–Trinajstić information content (AvgIpc) is 3.24. The number of halogens is 1. The molecule has 3 rings (SSSR count). The molecule has 0 radical (unpaired) electrons. The number of carbonyl (C=O) groups is 2. The number of thiazole rings is 1. The van der Waals surface area contributed by atoms with Crippen molar-refractivity contribution < 1.29 is 9.59 Å². The summed E-state index contributed by atoms with van der Waals surface area (Å²) in [5.41, 5.74) is 7.05. The number of amides is 2. The molecule has 0 aromatic carbocycles. The maximum absolute atomic E-state index is 12.3. The molecule has 1 saturated heterocycles. The standard InChI is InChI=1S/C17H23N5O2S.ClH/c1-10(11-2-4-19-5-3-11)6-15(23)22-17-21-14(9-25-17)12-7-13(16(18)24)20-8-12;/h7-11,19-20H,2-6H2,1H3,(H2,18,24)(H,21,22,23);1H. The number of primary amides is 1. The minimum atomic E-state index is -0.512. The summed E-state index contributed by atoms with van der Waals surface area (Å²) in [5, 5.41) is 8.65. The van der Waals surface area contributed by atoms with E-state index in [0.29, 0.717) is 34.8 Å². The van der Waals surface area contributed by atoms with Gasteiger partial charge in [-0.25, -0.2) is 4.98 Å². The van der Waals surface area contributed by atoms with Crippen LogP contribution in [-0.4, -0.2) is 34.9 Å². The maximum Gasteiger partial charge on any atom is 0.265 e. The SMILES string of the molecule is CC(CC(=O)Nc1nc(-c2c[nH]c(C(N)=O)c2)cs1)C1CCNCC1.Cl. The highest BCUT2D eigenvalue weighted by molar-refractivity contribution is 7.14. The lowest BCUT2D eigenvalue weighted by atomic mass is 9.84. The molecule has 0 bridgehead atoms. The summed E-state index contributed by atoms with van der Waals surface area (Å²) < 4.78 is 0. The summed E-state index contributed by atoms with van der Waals surface area (Å²) >= 11 is 1.37. The molecule has 142 valence electrons. The zero-order valence-corrected chi connectivity index (χ0v) is 16.2. The molecule has 2 aromatic heterocycles. The Kier molecular flexibility index (Phi) is 7.19. The highest BCUT2D eigenvalue weighted by atomic mass is 35.5. The fourth-order valence-corrected chi connectivity index (χ4v) is 3.93. The summed E-state index contributed by atoms with van der Waals surface area (Å²) in [5.74, 6) is 0.455. The predicted molar refractivity (Wildman–Crippen MR) is 106 cm³/mol. The van der Waals surface area contributed by atoms with Crippen molar-refractivity contribution in [1.82, 2.24) is 15.3 Å². The number of piperidine rings is 1. The lowest BCUT2D eigenvalue weighted by Crippen LogP contribution is -2.32. The Morgan fingerprint density at radius 3 is 2.81 bits per heavy atom. The van der Waals surface area contributed by atoms with Crippen LogP contribution in [0.2, 0.25) is 0 Å². The molecule has 5 N–H and O–H groups in total. The maximum atomic E-state index is 12.3. The molecule has 1 aliphatic heterocycles. The number of nitrogens with zero attached hydrogens (tertiary/aromatic N) is 1. The molecular weight excluding hydrogens is 374 g/mol. The van der Waals surface area contributed by atoms with Gasteiger partial charge in [0.05, 0.1) is 5.69 Å². The van der Waals surface area contributed by atoms with Gasteiger partial charge in [0.15, 0.2) is 5.13 Å². The quantitative estimate of drug-likeness (QED) is 0.600. The Bertz CT molecular complexity index is 754. The van der Waals surface area contributed by atoms with E-state index in [9.17, 15) is 9.59 Å². The number of nitrogens with one attached hydrogen (secondary N) is 3. The van der Waals surface area contributed by atoms with E-state index >= 15 is 0 Å². The molecule has 0 spiro atoms. The number of anilines is 1. The molecule has 3 heterocycles. The Labute approximate surface area is 162 Å². The highest BCUT2D eigenvalue weighted by Crippen LogP contribution is 2.27. The van der Waals surface area contributed by atoms with Crippen molar-refractivity contribution >= 4 is 40.7 Å². The topological polar surface area (TPSA) is 113 Å². The van der Waals surface area contributed by atoms with Gasteiger partial charge >= 0.3 is 0 Å². The molecule has 1 aliphatic rings. The number of hydrogen-bond acceptors (Lipinski definition) is 5. The van der Waals surface area contributed by atoms with Gasteiger partial charge in [-0.3, -0.25) is 9.59 Å².